The van der Waals surface area contributed by atoms with Crippen LogP contribution >= 0.6 is 23.1 Å². The van der Waals surface area contributed by atoms with Crippen molar-refractivity contribution in [2.75, 3.05) is 19.9 Å². The van der Waals surface area contributed by atoms with Crippen LogP contribution in [-0.2, 0) is 12.2 Å². The number of thiophene rings is 1. The highest BCUT2D eigenvalue weighted by molar-refractivity contribution is 7.98. The summed E-state index contributed by atoms with van der Waals surface area (Å²) in [7, 11) is 3.43. The van der Waals surface area contributed by atoms with Gasteiger partial charge in [-0.25, -0.2) is 4.39 Å². The normalized spacial score (nSPS) is 15.6. The van der Waals surface area contributed by atoms with Gasteiger partial charge in [0, 0.05) is 27.1 Å². The number of fused-ring (bicyclic) bond motifs is 1. The smallest absolute Gasteiger partial charge is 0.132 e. The van der Waals surface area contributed by atoms with Crippen molar-refractivity contribution in [1.82, 2.24) is 5.32 Å². The highest BCUT2D eigenvalue weighted by Crippen LogP contribution is 2.37. The maximum absolute atomic E-state index is 14.3. The minimum atomic E-state index is -0.227. The molecule has 2 aromatic rings. The molecule has 0 saturated heterocycles. The van der Waals surface area contributed by atoms with E-state index in [9.17, 15) is 4.39 Å². The van der Waals surface area contributed by atoms with E-state index >= 15 is 0 Å². The number of methoxy groups -OCH3 is 1. The minimum Gasteiger partial charge on any atom is -0.497 e. The Kier molecular flexibility index (Phi) is 4.52. The van der Waals surface area contributed by atoms with Crippen LogP contribution in [0.3, 0.4) is 0 Å². The monoisotopic (exact) mass is 323 g/mol. The van der Waals surface area contributed by atoms with Crippen LogP contribution in [0.4, 0.5) is 4.39 Å². The molecule has 1 N–H and O–H groups in total. The van der Waals surface area contributed by atoms with Crippen LogP contribution in [0, 0.1) is 5.82 Å². The summed E-state index contributed by atoms with van der Waals surface area (Å²) in [6.45, 7) is 0. The molecule has 1 unspecified atom stereocenters. The van der Waals surface area contributed by atoms with Crippen LogP contribution in [0.5, 0.6) is 5.75 Å². The Morgan fingerprint density at radius 1 is 1.33 bits per heavy atom. The number of aryl methyl sites for hydroxylation is 1. The summed E-state index contributed by atoms with van der Waals surface area (Å²) in [6.07, 6.45) is 1.13. The number of hydrogen-bond acceptors (Lipinski definition) is 4. The molecule has 3 rings (SSSR count). The highest BCUT2D eigenvalue weighted by atomic mass is 32.2. The lowest BCUT2D eigenvalue weighted by molar-refractivity contribution is 0.410. The zero-order valence-corrected chi connectivity index (χ0v) is 13.7. The third-order valence-corrected chi connectivity index (χ3v) is 6.05. The lowest BCUT2D eigenvalue weighted by atomic mass is 10.0. The molecule has 112 valence electrons. The molecule has 21 heavy (non-hydrogen) atoms. The lowest BCUT2D eigenvalue weighted by Gasteiger charge is -2.16. The molecular formula is C16H18FNOS2. The van der Waals surface area contributed by atoms with Crippen molar-refractivity contribution in [3.8, 4) is 5.75 Å². The second-order valence-electron chi connectivity index (χ2n) is 5.01. The Morgan fingerprint density at radius 2 is 2.19 bits per heavy atom. The number of rotatable bonds is 4. The van der Waals surface area contributed by atoms with Crippen LogP contribution in [0.25, 0.3) is 0 Å². The Bertz CT molecular complexity index is 618. The van der Waals surface area contributed by atoms with Crippen molar-refractivity contribution < 1.29 is 9.13 Å². The summed E-state index contributed by atoms with van der Waals surface area (Å²) >= 11 is 3.78. The molecule has 0 spiro atoms. The number of benzene rings is 1. The Morgan fingerprint density at radius 3 is 2.86 bits per heavy atom. The standard InChI is InChI=1S/C16H18FNOS2/c1-18-16(12-4-3-11(19-2)8-13(12)17)15-7-10-9-20-6-5-14(10)21-15/h3-4,7-8,16,18H,5-6,9H2,1-2H3. The fourth-order valence-electron chi connectivity index (χ4n) is 2.63. The Balaban J connectivity index is 1.96. The van der Waals surface area contributed by atoms with Crippen LogP contribution in [0.15, 0.2) is 24.3 Å². The lowest BCUT2D eigenvalue weighted by Crippen LogP contribution is -2.17. The van der Waals surface area contributed by atoms with E-state index in [2.05, 4.69) is 11.4 Å². The van der Waals surface area contributed by atoms with Gasteiger partial charge in [-0.15, -0.1) is 11.3 Å². The number of thioether (sulfide) groups is 1. The minimum absolute atomic E-state index is 0.100. The average Bonchev–Trinajstić information content (AvgIpc) is 2.93. The van der Waals surface area contributed by atoms with Gasteiger partial charge in [0.25, 0.3) is 0 Å². The molecular weight excluding hydrogens is 305 g/mol. The molecule has 2 nitrogen and oxygen atoms in total. The van der Waals surface area contributed by atoms with Gasteiger partial charge in [-0.1, -0.05) is 6.07 Å². The van der Waals surface area contributed by atoms with Gasteiger partial charge in [-0.2, -0.15) is 11.8 Å². The summed E-state index contributed by atoms with van der Waals surface area (Å²) in [5.41, 5.74) is 2.09. The molecule has 0 fully saturated rings. The first-order chi connectivity index (χ1) is 10.2. The predicted molar refractivity (Wildman–Crippen MR) is 88.0 cm³/mol. The van der Waals surface area contributed by atoms with E-state index in [0.29, 0.717) is 11.3 Å². The van der Waals surface area contributed by atoms with Crippen LogP contribution < -0.4 is 10.1 Å². The van der Waals surface area contributed by atoms with Gasteiger partial charge in [0.2, 0.25) is 0 Å². The van der Waals surface area contributed by atoms with Gasteiger partial charge in [-0.05, 0) is 36.9 Å². The quantitative estimate of drug-likeness (QED) is 0.919. The molecule has 1 aliphatic heterocycles. The fourth-order valence-corrected chi connectivity index (χ4v) is 5.14. The molecule has 1 aromatic heterocycles. The van der Waals surface area contributed by atoms with Gasteiger partial charge in [0.1, 0.15) is 11.6 Å². The maximum Gasteiger partial charge on any atom is 0.132 e. The van der Waals surface area contributed by atoms with Crippen molar-refractivity contribution in [3.63, 3.8) is 0 Å². The molecule has 1 atom stereocenters. The summed E-state index contributed by atoms with van der Waals surface area (Å²) in [5, 5.41) is 3.24. The summed E-state index contributed by atoms with van der Waals surface area (Å²) in [6, 6.07) is 7.20. The summed E-state index contributed by atoms with van der Waals surface area (Å²) < 4.78 is 19.4. The van der Waals surface area contributed by atoms with Crippen LogP contribution in [0.1, 0.15) is 26.9 Å². The summed E-state index contributed by atoms with van der Waals surface area (Å²) in [4.78, 5) is 2.65. The zero-order valence-electron chi connectivity index (χ0n) is 12.1. The number of nitrogens with one attached hydrogen (secondary N) is 1. The molecule has 0 saturated carbocycles. The highest BCUT2D eigenvalue weighted by Gasteiger charge is 2.22. The van der Waals surface area contributed by atoms with Crippen LogP contribution in [-0.4, -0.2) is 19.9 Å². The molecule has 0 radical (unpaired) electrons. The van der Waals surface area contributed by atoms with Crippen molar-refractivity contribution in [2.24, 2.45) is 0 Å². The SMILES string of the molecule is CNC(c1cc2c(s1)CCSC2)c1ccc(OC)cc1F. The van der Waals surface area contributed by atoms with Crippen molar-refractivity contribution >= 4 is 23.1 Å². The number of hydrogen-bond donors (Lipinski definition) is 1. The molecule has 0 bridgehead atoms. The molecule has 5 heteroatoms. The van der Waals surface area contributed by atoms with E-state index in [0.717, 1.165) is 12.2 Å². The zero-order chi connectivity index (χ0) is 14.8. The average molecular weight is 323 g/mol. The Labute approximate surface area is 132 Å². The third-order valence-electron chi connectivity index (χ3n) is 3.74. The van der Waals surface area contributed by atoms with E-state index in [1.807, 2.05) is 42.3 Å². The van der Waals surface area contributed by atoms with Gasteiger partial charge in [0.05, 0.1) is 13.2 Å². The van der Waals surface area contributed by atoms with Gasteiger partial charge in [-0.3, -0.25) is 0 Å². The largest absolute Gasteiger partial charge is 0.497 e. The van der Waals surface area contributed by atoms with Crippen LogP contribution in [0.2, 0.25) is 0 Å². The first-order valence-electron chi connectivity index (χ1n) is 6.93. The molecule has 1 aliphatic rings. The van der Waals surface area contributed by atoms with Crippen molar-refractivity contribution in [3.05, 3.63) is 51.0 Å². The number of halogens is 1. The molecule has 1 aromatic carbocycles. The van der Waals surface area contributed by atoms with Gasteiger partial charge < -0.3 is 10.1 Å². The fraction of sp³-hybridized carbons (Fsp3) is 0.375. The van der Waals surface area contributed by atoms with E-state index in [4.69, 9.17) is 4.74 Å². The topological polar surface area (TPSA) is 21.3 Å². The van der Waals surface area contributed by atoms with E-state index in [1.54, 1.807) is 7.11 Å². The summed E-state index contributed by atoms with van der Waals surface area (Å²) in [5.74, 6) is 2.59. The Hall–Kier alpha value is -1.04. The maximum atomic E-state index is 14.3. The van der Waals surface area contributed by atoms with Crippen molar-refractivity contribution in [1.29, 1.82) is 0 Å². The molecule has 0 aliphatic carbocycles. The van der Waals surface area contributed by atoms with E-state index < -0.39 is 0 Å². The van der Waals surface area contributed by atoms with Gasteiger partial charge in [0.15, 0.2) is 0 Å². The first-order valence-corrected chi connectivity index (χ1v) is 8.90. The van der Waals surface area contributed by atoms with Gasteiger partial charge >= 0.3 is 0 Å². The van der Waals surface area contributed by atoms with E-state index in [-0.39, 0.29) is 11.9 Å². The molecule has 0 amide bonds. The molecule has 2 heterocycles. The van der Waals surface area contributed by atoms with E-state index in [1.165, 1.54) is 27.1 Å². The second-order valence-corrected chi connectivity index (χ2v) is 7.28. The number of ether oxygens (including phenoxy) is 1. The second kappa shape index (κ2) is 6.38. The third kappa shape index (κ3) is 2.96. The predicted octanol–water partition coefficient (Wildman–Crippen LogP) is 3.99. The first kappa shape index (κ1) is 14.9. The van der Waals surface area contributed by atoms with Crippen molar-refractivity contribution in [2.45, 2.75) is 18.2 Å².